The van der Waals surface area contributed by atoms with Gasteiger partial charge in [0.05, 0.1) is 13.7 Å². The van der Waals surface area contributed by atoms with E-state index in [0.717, 1.165) is 50.6 Å². The molecule has 3 heteroatoms. The van der Waals surface area contributed by atoms with Crippen molar-refractivity contribution in [1.29, 1.82) is 0 Å². The van der Waals surface area contributed by atoms with E-state index in [1.807, 2.05) is 37.3 Å². The second-order valence-corrected chi connectivity index (χ2v) is 10.9. The second kappa shape index (κ2) is 13.4. The number of aryl methyl sites for hydroxylation is 3. The van der Waals surface area contributed by atoms with Crippen LogP contribution in [0.15, 0.2) is 109 Å². The molecule has 0 aliphatic carbocycles. The molecule has 3 nitrogen and oxygen atoms in total. The first kappa shape index (κ1) is 29.6. The van der Waals surface area contributed by atoms with Gasteiger partial charge in [0.25, 0.3) is 0 Å². The Labute approximate surface area is 256 Å². The topological polar surface area (TPSA) is 32.7 Å². The summed E-state index contributed by atoms with van der Waals surface area (Å²) in [6.45, 7) is 8.32. The summed E-state index contributed by atoms with van der Waals surface area (Å²) in [5.74, 6) is 0.774. The minimum Gasteiger partial charge on any atom is -0.496 e. The van der Waals surface area contributed by atoms with E-state index in [0.29, 0.717) is 0 Å². The third-order valence-corrected chi connectivity index (χ3v) is 7.58. The molecule has 5 aromatic carbocycles. The molecule has 5 rings (SSSR count). The van der Waals surface area contributed by atoms with Gasteiger partial charge >= 0.3 is 0 Å². The Bertz CT molecular complexity index is 1750. The summed E-state index contributed by atoms with van der Waals surface area (Å²) in [5, 5.41) is 10.2. The van der Waals surface area contributed by atoms with Crippen molar-refractivity contribution in [3.05, 3.63) is 148 Å². The molecule has 0 spiro atoms. The average molecular weight is 566 g/mol. The Kier molecular flexibility index (Phi) is 9.24. The van der Waals surface area contributed by atoms with Crippen molar-refractivity contribution in [2.75, 3.05) is 12.0 Å². The molecule has 43 heavy (non-hydrogen) atoms. The lowest BCUT2D eigenvalue weighted by atomic mass is 9.94. The lowest BCUT2D eigenvalue weighted by Gasteiger charge is -2.26. The minimum absolute atomic E-state index is 0.0559. The first-order chi connectivity index (χ1) is 20.9. The zero-order valence-electron chi connectivity index (χ0n) is 25.6. The third kappa shape index (κ3) is 6.80. The zero-order chi connectivity index (χ0) is 30.3. The lowest BCUT2D eigenvalue weighted by Crippen LogP contribution is -2.10. The number of hydrogen-bond donors (Lipinski definition) is 1. The van der Waals surface area contributed by atoms with E-state index >= 15 is 0 Å². The number of ether oxygens (including phenoxy) is 1. The molecule has 0 aromatic heterocycles. The van der Waals surface area contributed by atoms with Crippen LogP contribution in [0, 0.1) is 20.8 Å². The Balaban J connectivity index is 1.67. The number of anilines is 3. The predicted molar refractivity (Wildman–Crippen MR) is 183 cm³/mol. The molecular weight excluding hydrogens is 526 g/mol. The normalized spacial score (nSPS) is 11.4. The number of nitrogens with zero attached hydrogens (tertiary/aromatic N) is 1. The number of aliphatic hydroxyl groups excluding tert-OH is 1. The largest absolute Gasteiger partial charge is 0.496 e. The quantitative estimate of drug-likeness (QED) is 0.180. The van der Waals surface area contributed by atoms with Crippen LogP contribution in [-0.4, -0.2) is 12.2 Å². The van der Waals surface area contributed by atoms with Crippen LogP contribution in [0.2, 0.25) is 0 Å². The summed E-state index contributed by atoms with van der Waals surface area (Å²) in [6, 6.07) is 36.5. The van der Waals surface area contributed by atoms with Crippen molar-refractivity contribution in [2.24, 2.45) is 0 Å². The van der Waals surface area contributed by atoms with E-state index in [-0.39, 0.29) is 6.61 Å². The van der Waals surface area contributed by atoms with E-state index < -0.39 is 0 Å². The molecule has 0 atom stereocenters. The van der Waals surface area contributed by atoms with E-state index in [4.69, 9.17) is 4.74 Å². The predicted octanol–water partition coefficient (Wildman–Crippen LogP) is 10.5. The standard InChI is InChI=1S/C40H39NO2/c1-6-10-33-24-35(27-42)32(25-40(33)43-5)16-15-31-17-20-38(26-39(31)34-22-29(3)21-30(4)23-34)41(36-11-8-7-9-12-36)37-18-13-28(2)14-19-37/h6-26,42H,27H2,1-5H3. The highest BCUT2D eigenvalue weighted by Crippen LogP contribution is 2.39. The van der Waals surface area contributed by atoms with Gasteiger partial charge in [-0.3, -0.25) is 0 Å². The fraction of sp³-hybridized carbons (Fsp3) is 0.150. The van der Waals surface area contributed by atoms with Gasteiger partial charge in [0.15, 0.2) is 0 Å². The van der Waals surface area contributed by atoms with Crippen LogP contribution in [0.3, 0.4) is 0 Å². The molecule has 0 unspecified atom stereocenters. The molecule has 0 bridgehead atoms. The van der Waals surface area contributed by atoms with Gasteiger partial charge < -0.3 is 14.7 Å². The van der Waals surface area contributed by atoms with Gasteiger partial charge in [0.1, 0.15) is 5.75 Å². The molecule has 1 N–H and O–H groups in total. The molecular formula is C40H39NO2. The lowest BCUT2D eigenvalue weighted by molar-refractivity contribution is 0.281. The van der Waals surface area contributed by atoms with E-state index in [1.165, 1.54) is 22.3 Å². The molecule has 0 aliphatic rings. The number of aliphatic hydroxyl groups is 1. The van der Waals surface area contributed by atoms with Crippen molar-refractivity contribution >= 4 is 35.3 Å². The Morgan fingerprint density at radius 3 is 1.93 bits per heavy atom. The number of para-hydroxylation sites is 1. The van der Waals surface area contributed by atoms with Crippen LogP contribution in [0.4, 0.5) is 17.1 Å². The third-order valence-electron chi connectivity index (χ3n) is 7.58. The summed E-state index contributed by atoms with van der Waals surface area (Å²) >= 11 is 0. The monoisotopic (exact) mass is 565 g/mol. The number of hydrogen-bond acceptors (Lipinski definition) is 3. The number of benzene rings is 5. The Hall–Kier alpha value is -4.86. The molecule has 0 radical (unpaired) electrons. The van der Waals surface area contributed by atoms with E-state index in [2.05, 4.69) is 123 Å². The highest BCUT2D eigenvalue weighted by atomic mass is 16.5. The summed E-state index contributed by atoms with van der Waals surface area (Å²) in [7, 11) is 1.68. The molecule has 0 fully saturated rings. The summed E-state index contributed by atoms with van der Waals surface area (Å²) < 4.78 is 5.67. The number of allylic oxidation sites excluding steroid dienone is 1. The van der Waals surface area contributed by atoms with Gasteiger partial charge in [-0.15, -0.1) is 0 Å². The highest BCUT2D eigenvalue weighted by molar-refractivity contribution is 5.87. The summed E-state index contributed by atoms with van der Waals surface area (Å²) in [4.78, 5) is 2.30. The highest BCUT2D eigenvalue weighted by Gasteiger charge is 2.15. The van der Waals surface area contributed by atoms with E-state index in [1.54, 1.807) is 7.11 Å². The smallest absolute Gasteiger partial charge is 0.126 e. The fourth-order valence-electron chi connectivity index (χ4n) is 5.54. The van der Waals surface area contributed by atoms with Gasteiger partial charge in [0.2, 0.25) is 0 Å². The van der Waals surface area contributed by atoms with E-state index in [9.17, 15) is 5.11 Å². The maximum atomic E-state index is 10.2. The van der Waals surface area contributed by atoms with Crippen molar-refractivity contribution < 1.29 is 9.84 Å². The van der Waals surface area contributed by atoms with Crippen molar-refractivity contribution in [1.82, 2.24) is 0 Å². The van der Waals surface area contributed by atoms with Gasteiger partial charge in [-0.1, -0.05) is 95.6 Å². The minimum atomic E-state index is -0.0559. The summed E-state index contributed by atoms with van der Waals surface area (Å²) in [5.41, 5.74) is 13.1. The maximum absolute atomic E-state index is 10.2. The van der Waals surface area contributed by atoms with Crippen LogP contribution in [-0.2, 0) is 6.61 Å². The van der Waals surface area contributed by atoms with Crippen LogP contribution in [0.5, 0.6) is 5.75 Å². The van der Waals surface area contributed by atoms with Crippen molar-refractivity contribution in [3.8, 4) is 16.9 Å². The molecule has 5 aromatic rings. The maximum Gasteiger partial charge on any atom is 0.126 e. The Morgan fingerprint density at radius 2 is 1.28 bits per heavy atom. The Morgan fingerprint density at radius 1 is 0.628 bits per heavy atom. The molecule has 216 valence electrons. The van der Waals surface area contributed by atoms with Gasteiger partial charge in [-0.25, -0.2) is 0 Å². The zero-order valence-corrected chi connectivity index (χ0v) is 25.6. The molecule has 0 saturated carbocycles. The van der Waals surface area contributed by atoms with Crippen molar-refractivity contribution in [3.63, 3.8) is 0 Å². The fourth-order valence-corrected chi connectivity index (χ4v) is 5.54. The van der Waals surface area contributed by atoms with Crippen LogP contribution < -0.4 is 9.64 Å². The van der Waals surface area contributed by atoms with Crippen LogP contribution in [0.1, 0.15) is 45.9 Å². The first-order valence-corrected chi connectivity index (χ1v) is 14.7. The van der Waals surface area contributed by atoms with Crippen LogP contribution in [0.25, 0.3) is 29.4 Å². The average Bonchev–Trinajstić information content (AvgIpc) is 3.01. The second-order valence-electron chi connectivity index (χ2n) is 10.9. The SMILES string of the molecule is CC=Cc1cc(CO)c(C=Cc2ccc(N(c3ccccc3)c3ccc(C)cc3)cc2-c2cc(C)cc(C)c2)cc1OC. The van der Waals surface area contributed by atoms with Crippen molar-refractivity contribution in [2.45, 2.75) is 34.3 Å². The number of methoxy groups -OCH3 is 1. The molecule has 0 amide bonds. The first-order valence-electron chi connectivity index (χ1n) is 14.7. The van der Waals surface area contributed by atoms with Gasteiger partial charge in [0, 0.05) is 22.6 Å². The molecule has 0 heterocycles. The molecule has 0 aliphatic heterocycles. The number of rotatable bonds is 9. The van der Waals surface area contributed by atoms with Crippen LogP contribution >= 0.6 is 0 Å². The molecule has 0 saturated heterocycles. The summed E-state index contributed by atoms with van der Waals surface area (Å²) in [6.07, 6.45) is 8.18. The van der Waals surface area contributed by atoms with Gasteiger partial charge in [-0.05, 0) is 104 Å². The van der Waals surface area contributed by atoms with Gasteiger partial charge in [-0.2, -0.15) is 0 Å².